The molecule has 80 valence electrons. The molecule has 0 aromatic carbocycles. The number of hydrogen-bond donors (Lipinski definition) is 1. The molecule has 0 unspecified atom stereocenters. The number of nitrogens with zero attached hydrogens (tertiary/aromatic N) is 1. The van der Waals surface area contributed by atoms with E-state index in [0.29, 0.717) is 13.1 Å². The Balaban J connectivity index is 3.66. The van der Waals surface area contributed by atoms with Crippen molar-refractivity contribution in [3.05, 3.63) is 0 Å². The zero-order valence-electron chi connectivity index (χ0n) is 8.83. The predicted molar refractivity (Wildman–Crippen MR) is 57.1 cm³/mol. The minimum atomic E-state index is -0.762. The summed E-state index contributed by atoms with van der Waals surface area (Å²) < 4.78 is 0. The van der Waals surface area contributed by atoms with Crippen LogP contribution in [0.2, 0.25) is 0 Å². The summed E-state index contributed by atoms with van der Waals surface area (Å²) in [5, 5.41) is 8.52. The highest BCUT2D eigenvalue weighted by molar-refractivity contribution is 5.66. The lowest BCUT2D eigenvalue weighted by atomic mass is 10.2. The van der Waals surface area contributed by atoms with Crippen LogP contribution in [0.3, 0.4) is 0 Å². The third-order valence-electron chi connectivity index (χ3n) is 2.03. The lowest BCUT2D eigenvalue weighted by Crippen LogP contribution is -2.27. The zero-order valence-corrected chi connectivity index (χ0v) is 8.83. The van der Waals surface area contributed by atoms with Crippen molar-refractivity contribution in [2.24, 2.45) is 0 Å². The van der Waals surface area contributed by atoms with Crippen molar-refractivity contribution >= 4 is 5.97 Å². The molecule has 0 rings (SSSR count). The molecule has 14 heavy (non-hydrogen) atoms. The Morgan fingerprint density at radius 3 is 2.64 bits per heavy atom. The first-order chi connectivity index (χ1) is 6.70. The summed E-state index contributed by atoms with van der Waals surface area (Å²) in [6.45, 7) is 4.16. The normalized spacial score (nSPS) is 10.1. The second kappa shape index (κ2) is 8.58. The Morgan fingerprint density at radius 1 is 1.43 bits per heavy atom. The molecule has 0 saturated heterocycles. The van der Waals surface area contributed by atoms with E-state index in [1.807, 2.05) is 4.90 Å². The van der Waals surface area contributed by atoms with Gasteiger partial charge in [0, 0.05) is 6.54 Å². The van der Waals surface area contributed by atoms with E-state index >= 15 is 0 Å². The van der Waals surface area contributed by atoms with Gasteiger partial charge >= 0.3 is 5.97 Å². The fourth-order valence-corrected chi connectivity index (χ4v) is 1.24. The van der Waals surface area contributed by atoms with Gasteiger partial charge in [-0.25, -0.2) is 0 Å². The number of unbranched alkanes of at least 4 members (excludes halogenated alkanes) is 2. The van der Waals surface area contributed by atoms with Crippen LogP contribution in [0.5, 0.6) is 0 Å². The highest BCUT2D eigenvalue weighted by Gasteiger charge is 2.05. The van der Waals surface area contributed by atoms with E-state index in [9.17, 15) is 4.79 Å². The predicted octanol–water partition coefficient (Wildman–Crippen LogP) is 1.59. The van der Waals surface area contributed by atoms with Crippen LogP contribution in [0.4, 0.5) is 0 Å². The average molecular weight is 197 g/mol. The van der Waals surface area contributed by atoms with Crippen molar-refractivity contribution in [2.45, 2.75) is 32.6 Å². The van der Waals surface area contributed by atoms with Crippen LogP contribution in [0.25, 0.3) is 0 Å². The van der Waals surface area contributed by atoms with Crippen LogP contribution in [-0.4, -0.2) is 35.6 Å². The Kier molecular flexibility index (Phi) is 7.96. The van der Waals surface area contributed by atoms with Gasteiger partial charge in [-0.05, 0) is 13.0 Å². The molecule has 0 amide bonds. The highest BCUT2D eigenvalue weighted by Crippen LogP contribution is 1.99. The summed E-state index contributed by atoms with van der Waals surface area (Å²) in [5.41, 5.74) is 0. The van der Waals surface area contributed by atoms with Gasteiger partial charge in [-0.1, -0.05) is 25.7 Å². The molecule has 0 bridgehead atoms. The standard InChI is InChI=1S/C11H19NO2/c1-3-5-6-9-12(8-4-2)10-7-11(13)14/h2H,3,5-10H2,1H3,(H,13,14). The van der Waals surface area contributed by atoms with Crippen LogP contribution >= 0.6 is 0 Å². The molecule has 0 aliphatic carbocycles. The van der Waals surface area contributed by atoms with Crippen LogP contribution in [0, 0.1) is 12.3 Å². The molecule has 0 radical (unpaired) electrons. The number of carboxylic acids is 1. The first-order valence-electron chi connectivity index (χ1n) is 5.08. The van der Waals surface area contributed by atoms with Crippen LogP contribution in [0.15, 0.2) is 0 Å². The molecule has 0 aromatic heterocycles. The molecule has 0 aromatic rings. The van der Waals surface area contributed by atoms with Crippen molar-refractivity contribution in [1.29, 1.82) is 0 Å². The number of terminal acetylenes is 1. The first kappa shape index (κ1) is 13.0. The monoisotopic (exact) mass is 197 g/mol. The van der Waals surface area contributed by atoms with Gasteiger partial charge in [0.05, 0.1) is 13.0 Å². The van der Waals surface area contributed by atoms with Crippen LogP contribution in [0.1, 0.15) is 32.6 Å². The fourth-order valence-electron chi connectivity index (χ4n) is 1.24. The van der Waals surface area contributed by atoms with E-state index in [1.165, 1.54) is 12.8 Å². The Morgan fingerprint density at radius 2 is 2.14 bits per heavy atom. The summed E-state index contributed by atoms with van der Waals surface area (Å²) in [6, 6.07) is 0. The van der Waals surface area contributed by atoms with Crippen LogP contribution < -0.4 is 0 Å². The minimum absolute atomic E-state index is 0.174. The van der Waals surface area contributed by atoms with E-state index < -0.39 is 5.97 Å². The van der Waals surface area contributed by atoms with Gasteiger partial charge in [0.15, 0.2) is 0 Å². The first-order valence-corrected chi connectivity index (χ1v) is 5.08. The summed E-state index contributed by atoms with van der Waals surface area (Å²) in [7, 11) is 0. The third kappa shape index (κ3) is 7.63. The van der Waals surface area contributed by atoms with E-state index in [1.54, 1.807) is 0 Å². The molecular formula is C11H19NO2. The Labute approximate surface area is 86.1 Å². The molecule has 0 saturated carbocycles. The summed E-state index contributed by atoms with van der Waals surface area (Å²) in [6.07, 6.45) is 8.81. The summed E-state index contributed by atoms with van der Waals surface area (Å²) in [5.74, 6) is 1.79. The van der Waals surface area contributed by atoms with E-state index in [0.717, 1.165) is 13.0 Å². The Hall–Kier alpha value is -1.01. The molecule has 0 aliphatic rings. The second-order valence-corrected chi connectivity index (χ2v) is 3.33. The molecule has 1 N–H and O–H groups in total. The number of carbonyl (C=O) groups is 1. The minimum Gasteiger partial charge on any atom is -0.481 e. The van der Waals surface area contributed by atoms with Gasteiger partial charge in [-0.15, -0.1) is 6.42 Å². The van der Waals surface area contributed by atoms with E-state index in [4.69, 9.17) is 11.5 Å². The molecule has 0 fully saturated rings. The van der Waals surface area contributed by atoms with Gasteiger partial charge in [-0.2, -0.15) is 0 Å². The maximum Gasteiger partial charge on any atom is 0.304 e. The second-order valence-electron chi connectivity index (χ2n) is 3.33. The van der Waals surface area contributed by atoms with Gasteiger partial charge in [0.2, 0.25) is 0 Å². The number of carboxylic acid groups (broad SMARTS) is 1. The maximum atomic E-state index is 10.4. The Bertz CT molecular complexity index is 196. The molecular weight excluding hydrogens is 178 g/mol. The highest BCUT2D eigenvalue weighted by atomic mass is 16.4. The fraction of sp³-hybridized carbons (Fsp3) is 0.727. The summed E-state index contributed by atoms with van der Waals surface area (Å²) in [4.78, 5) is 12.4. The zero-order chi connectivity index (χ0) is 10.8. The molecule has 0 atom stereocenters. The van der Waals surface area contributed by atoms with Crippen molar-refractivity contribution < 1.29 is 9.90 Å². The lowest BCUT2D eigenvalue weighted by molar-refractivity contribution is -0.137. The molecule has 3 heteroatoms. The largest absolute Gasteiger partial charge is 0.481 e. The SMILES string of the molecule is C#CCN(CCCCC)CCC(=O)O. The van der Waals surface area contributed by atoms with Gasteiger partial charge in [0.25, 0.3) is 0 Å². The van der Waals surface area contributed by atoms with Crippen molar-refractivity contribution in [2.75, 3.05) is 19.6 Å². The molecule has 0 aliphatic heterocycles. The summed E-state index contributed by atoms with van der Waals surface area (Å²) >= 11 is 0. The van der Waals surface area contributed by atoms with E-state index in [-0.39, 0.29) is 6.42 Å². The van der Waals surface area contributed by atoms with Crippen molar-refractivity contribution in [3.8, 4) is 12.3 Å². The van der Waals surface area contributed by atoms with Crippen LogP contribution in [-0.2, 0) is 4.79 Å². The average Bonchev–Trinajstić information content (AvgIpc) is 2.14. The number of hydrogen-bond acceptors (Lipinski definition) is 2. The third-order valence-corrected chi connectivity index (χ3v) is 2.03. The lowest BCUT2D eigenvalue weighted by Gasteiger charge is -2.18. The quantitative estimate of drug-likeness (QED) is 0.474. The molecule has 0 spiro atoms. The molecule has 3 nitrogen and oxygen atoms in total. The topological polar surface area (TPSA) is 40.5 Å². The molecule has 0 heterocycles. The van der Waals surface area contributed by atoms with Gasteiger partial charge in [-0.3, -0.25) is 9.69 Å². The van der Waals surface area contributed by atoms with Gasteiger partial charge < -0.3 is 5.11 Å². The van der Waals surface area contributed by atoms with Crippen molar-refractivity contribution in [3.63, 3.8) is 0 Å². The number of rotatable bonds is 8. The van der Waals surface area contributed by atoms with Crippen molar-refractivity contribution in [1.82, 2.24) is 4.90 Å². The number of aliphatic carboxylic acids is 1. The maximum absolute atomic E-state index is 10.4. The van der Waals surface area contributed by atoms with Gasteiger partial charge in [0.1, 0.15) is 0 Å². The van der Waals surface area contributed by atoms with E-state index in [2.05, 4.69) is 12.8 Å². The smallest absolute Gasteiger partial charge is 0.304 e.